The molecular weight excluding hydrogens is 318 g/mol. The number of aryl methyl sites for hydroxylation is 1. The number of phenols is 1. The van der Waals surface area contributed by atoms with E-state index >= 15 is 0 Å². The normalized spacial score (nSPS) is 10.3. The highest BCUT2D eigenvalue weighted by Crippen LogP contribution is 2.28. The summed E-state index contributed by atoms with van der Waals surface area (Å²) in [6.07, 6.45) is 0. The van der Waals surface area contributed by atoms with E-state index in [1.807, 2.05) is 50.2 Å². The Morgan fingerprint density at radius 2 is 2.05 bits per heavy atom. The largest absolute Gasteiger partial charge is 0.506 e. The highest BCUT2D eigenvalue weighted by molar-refractivity contribution is 9.10. The van der Waals surface area contributed by atoms with Crippen LogP contribution in [0.2, 0.25) is 0 Å². The second-order valence-corrected chi connectivity index (χ2v) is 5.37. The van der Waals surface area contributed by atoms with Gasteiger partial charge in [0.25, 0.3) is 0 Å². The average molecular weight is 336 g/mol. The molecule has 0 spiro atoms. The fourth-order valence-corrected chi connectivity index (χ4v) is 2.39. The van der Waals surface area contributed by atoms with Gasteiger partial charge in [-0.2, -0.15) is 0 Å². The predicted molar refractivity (Wildman–Crippen MR) is 85.5 cm³/mol. The summed E-state index contributed by atoms with van der Waals surface area (Å²) in [6.45, 7) is 5.24. The molecule has 0 saturated carbocycles. The minimum Gasteiger partial charge on any atom is -0.506 e. The van der Waals surface area contributed by atoms with Gasteiger partial charge in [-0.15, -0.1) is 0 Å². The van der Waals surface area contributed by atoms with E-state index in [1.165, 1.54) is 0 Å². The van der Waals surface area contributed by atoms with Crippen molar-refractivity contribution in [2.45, 2.75) is 20.4 Å². The zero-order chi connectivity index (χ0) is 14.5. The molecule has 2 aromatic rings. The van der Waals surface area contributed by atoms with E-state index in [1.54, 1.807) is 0 Å². The van der Waals surface area contributed by atoms with Gasteiger partial charge in [-0.3, -0.25) is 0 Å². The molecule has 0 saturated heterocycles. The molecule has 0 aromatic heterocycles. The fourth-order valence-electron chi connectivity index (χ4n) is 1.98. The van der Waals surface area contributed by atoms with Crippen molar-refractivity contribution in [1.29, 1.82) is 0 Å². The Balaban J connectivity index is 2.09. The smallest absolute Gasteiger partial charge is 0.134 e. The van der Waals surface area contributed by atoms with E-state index in [2.05, 4.69) is 21.2 Å². The molecule has 0 amide bonds. The molecule has 0 aliphatic heterocycles. The van der Waals surface area contributed by atoms with Crippen molar-refractivity contribution in [3.8, 4) is 11.5 Å². The van der Waals surface area contributed by atoms with Gasteiger partial charge in [-0.1, -0.05) is 12.1 Å². The Labute approximate surface area is 127 Å². The number of benzene rings is 2. The lowest BCUT2D eigenvalue weighted by molar-refractivity contribution is 0.340. The summed E-state index contributed by atoms with van der Waals surface area (Å²) >= 11 is 3.32. The van der Waals surface area contributed by atoms with E-state index in [-0.39, 0.29) is 5.75 Å². The molecule has 20 heavy (non-hydrogen) atoms. The molecule has 0 heterocycles. The van der Waals surface area contributed by atoms with E-state index in [4.69, 9.17) is 4.74 Å². The lowest BCUT2D eigenvalue weighted by Crippen LogP contribution is -2.02. The van der Waals surface area contributed by atoms with E-state index in [0.29, 0.717) is 17.6 Å². The molecule has 0 unspecified atom stereocenters. The summed E-state index contributed by atoms with van der Waals surface area (Å²) in [5, 5.41) is 13.3. The van der Waals surface area contributed by atoms with Crippen LogP contribution in [0.15, 0.2) is 40.9 Å². The summed E-state index contributed by atoms with van der Waals surface area (Å²) in [6, 6.07) is 11.6. The van der Waals surface area contributed by atoms with Gasteiger partial charge in [-0.05, 0) is 59.6 Å². The third-order valence-electron chi connectivity index (χ3n) is 3.05. The SMILES string of the molecule is CCOc1ccc(NCc2cccc(Br)c2O)c(C)c1. The molecule has 0 atom stereocenters. The zero-order valence-corrected chi connectivity index (χ0v) is 13.2. The van der Waals surface area contributed by atoms with Crippen LogP contribution in [0.3, 0.4) is 0 Å². The van der Waals surface area contributed by atoms with Crippen LogP contribution in [0.25, 0.3) is 0 Å². The number of rotatable bonds is 5. The van der Waals surface area contributed by atoms with Crippen molar-refractivity contribution in [3.63, 3.8) is 0 Å². The summed E-state index contributed by atoms with van der Waals surface area (Å²) < 4.78 is 6.17. The summed E-state index contributed by atoms with van der Waals surface area (Å²) in [5.41, 5.74) is 3.01. The fraction of sp³-hybridized carbons (Fsp3) is 0.250. The van der Waals surface area contributed by atoms with Gasteiger partial charge >= 0.3 is 0 Å². The van der Waals surface area contributed by atoms with Crippen LogP contribution in [0.1, 0.15) is 18.1 Å². The van der Waals surface area contributed by atoms with Crippen LogP contribution >= 0.6 is 15.9 Å². The zero-order valence-electron chi connectivity index (χ0n) is 11.6. The molecule has 0 radical (unpaired) electrons. The lowest BCUT2D eigenvalue weighted by Gasteiger charge is -2.12. The molecule has 0 aliphatic carbocycles. The van der Waals surface area contributed by atoms with Gasteiger partial charge < -0.3 is 15.2 Å². The predicted octanol–water partition coefficient (Wildman–Crippen LogP) is 4.47. The summed E-state index contributed by atoms with van der Waals surface area (Å²) in [5.74, 6) is 1.16. The molecule has 0 fully saturated rings. The van der Waals surface area contributed by atoms with Crippen LogP contribution < -0.4 is 10.1 Å². The first kappa shape index (κ1) is 14.7. The van der Waals surface area contributed by atoms with Crippen LogP contribution in [-0.2, 0) is 6.54 Å². The first-order valence-corrected chi connectivity index (χ1v) is 7.34. The van der Waals surface area contributed by atoms with Gasteiger partial charge in [0.1, 0.15) is 11.5 Å². The first-order valence-electron chi connectivity index (χ1n) is 6.55. The maximum absolute atomic E-state index is 9.95. The van der Waals surface area contributed by atoms with E-state index < -0.39 is 0 Å². The molecule has 3 nitrogen and oxygen atoms in total. The Morgan fingerprint density at radius 3 is 2.75 bits per heavy atom. The number of ether oxygens (including phenoxy) is 1. The molecule has 2 N–H and O–H groups in total. The second-order valence-electron chi connectivity index (χ2n) is 4.51. The third kappa shape index (κ3) is 3.45. The maximum atomic E-state index is 9.95. The molecule has 106 valence electrons. The van der Waals surface area contributed by atoms with Crippen molar-refractivity contribution in [2.75, 3.05) is 11.9 Å². The van der Waals surface area contributed by atoms with Gasteiger partial charge in [0, 0.05) is 17.8 Å². The molecule has 2 rings (SSSR count). The lowest BCUT2D eigenvalue weighted by atomic mass is 10.1. The van der Waals surface area contributed by atoms with Crippen molar-refractivity contribution >= 4 is 21.6 Å². The van der Waals surface area contributed by atoms with Crippen LogP contribution in [0.4, 0.5) is 5.69 Å². The number of anilines is 1. The minimum atomic E-state index is 0.281. The third-order valence-corrected chi connectivity index (χ3v) is 3.69. The average Bonchev–Trinajstić information content (AvgIpc) is 2.42. The molecular formula is C16H18BrNO2. The number of nitrogens with one attached hydrogen (secondary N) is 1. The second kappa shape index (κ2) is 6.66. The highest BCUT2D eigenvalue weighted by atomic mass is 79.9. The van der Waals surface area contributed by atoms with Crippen molar-refractivity contribution < 1.29 is 9.84 Å². The molecule has 0 bridgehead atoms. The molecule has 4 heteroatoms. The Bertz CT molecular complexity index is 599. The van der Waals surface area contributed by atoms with Crippen molar-refractivity contribution in [2.24, 2.45) is 0 Å². The number of halogens is 1. The number of hydrogen-bond acceptors (Lipinski definition) is 3. The van der Waals surface area contributed by atoms with Crippen LogP contribution in [-0.4, -0.2) is 11.7 Å². The number of aromatic hydroxyl groups is 1. The molecule has 0 aliphatic rings. The van der Waals surface area contributed by atoms with E-state index in [0.717, 1.165) is 22.6 Å². The van der Waals surface area contributed by atoms with Gasteiger partial charge in [0.05, 0.1) is 11.1 Å². The van der Waals surface area contributed by atoms with Gasteiger partial charge in [0.15, 0.2) is 0 Å². The Morgan fingerprint density at radius 1 is 1.25 bits per heavy atom. The summed E-state index contributed by atoms with van der Waals surface area (Å²) in [7, 11) is 0. The summed E-state index contributed by atoms with van der Waals surface area (Å²) in [4.78, 5) is 0. The first-order chi connectivity index (χ1) is 9.61. The topological polar surface area (TPSA) is 41.5 Å². The van der Waals surface area contributed by atoms with Crippen LogP contribution in [0, 0.1) is 6.92 Å². The van der Waals surface area contributed by atoms with Crippen molar-refractivity contribution in [1.82, 2.24) is 0 Å². The highest BCUT2D eigenvalue weighted by Gasteiger charge is 2.06. The Hall–Kier alpha value is -1.68. The quantitative estimate of drug-likeness (QED) is 0.846. The Kier molecular flexibility index (Phi) is 4.90. The monoisotopic (exact) mass is 335 g/mol. The molecule has 2 aromatic carbocycles. The standard InChI is InChI=1S/C16H18BrNO2/c1-3-20-13-7-8-15(11(2)9-13)18-10-12-5-4-6-14(17)16(12)19/h4-9,18-19H,3,10H2,1-2H3. The number of para-hydroxylation sites is 1. The number of hydrogen-bond donors (Lipinski definition) is 2. The maximum Gasteiger partial charge on any atom is 0.134 e. The minimum absolute atomic E-state index is 0.281. The van der Waals surface area contributed by atoms with Gasteiger partial charge in [-0.25, -0.2) is 0 Å². The number of phenolic OH excluding ortho intramolecular Hbond substituents is 1. The van der Waals surface area contributed by atoms with Crippen LogP contribution in [0.5, 0.6) is 11.5 Å². The van der Waals surface area contributed by atoms with Gasteiger partial charge in [0.2, 0.25) is 0 Å². The van der Waals surface area contributed by atoms with Crippen molar-refractivity contribution in [3.05, 3.63) is 52.0 Å². The van der Waals surface area contributed by atoms with E-state index in [9.17, 15) is 5.11 Å².